The molecule has 0 atom stereocenters. The number of hydrogen-bond donors (Lipinski definition) is 2. The van der Waals surface area contributed by atoms with E-state index in [0.717, 1.165) is 45.1 Å². The first-order valence-electron chi connectivity index (χ1n) is 10.0. The van der Waals surface area contributed by atoms with Gasteiger partial charge in [0.15, 0.2) is 5.96 Å². The van der Waals surface area contributed by atoms with E-state index in [-0.39, 0.29) is 0 Å². The summed E-state index contributed by atoms with van der Waals surface area (Å²) in [6.45, 7) is 6.31. The lowest BCUT2D eigenvalue weighted by atomic mass is 10.1. The summed E-state index contributed by atoms with van der Waals surface area (Å²) in [5.41, 5.74) is 2.47. The molecule has 2 N–H and O–H groups in total. The number of nitrogens with one attached hydrogen (secondary N) is 2. The summed E-state index contributed by atoms with van der Waals surface area (Å²) in [6, 6.07) is 8.61. The van der Waals surface area contributed by atoms with Crippen molar-refractivity contribution in [2.45, 2.75) is 64.7 Å². The number of unbranched alkanes of at least 4 members (excludes halogenated alkanes) is 3. The number of ether oxygens (including phenoxy) is 2. The van der Waals surface area contributed by atoms with Gasteiger partial charge < -0.3 is 20.1 Å². The molecular weight excluding hydrogens is 326 g/mol. The van der Waals surface area contributed by atoms with Crippen LogP contribution in [0.15, 0.2) is 29.3 Å². The molecule has 146 valence electrons. The zero-order chi connectivity index (χ0) is 18.5. The van der Waals surface area contributed by atoms with Crippen molar-refractivity contribution in [2.24, 2.45) is 4.99 Å². The molecule has 5 heteroatoms. The van der Waals surface area contributed by atoms with Gasteiger partial charge >= 0.3 is 0 Å². The van der Waals surface area contributed by atoms with Crippen LogP contribution in [0.5, 0.6) is 0 Å². The summed E-state index contributed by atoms with van der Waals surface area (Å²) in [5, 5.41) is 6.75. The van der Waals surface area contributed by atoms with Crippen molar-refractivity contribution in [1.29, 1.82) is 0 Å². The standard InChI is InChI=1S/C21H35N3O2/c1-3-4-5-6-13-23-21(22-2)24-16-18-7-9-19(10-8-18)17-26-20-11-14-25-15-12-20/h7-10,20H,3-6,11-17H2,1-2H3,(H2,22,23,24). The van der Waals surface area contributed by atoms with Crippen LogP contribution in [-0.4, -0.2) is 38.9 Å². The van der Waals surface area contributed by atoms with E-state index in [9.17, 15) is 0 Å². The predicted molar refractivity (Wildman–Crippen MR) is 107 cm³/mol. The van der Waals surface area contributed by atoms with E-state index >= 15 is 0 Å². The quantitative estimate of drug-likeness (QED) is 0.380. The molecule has 1 aromatic carbocycles. The fraction of sp³-hybridized carbons (Fsp3) is 0.667. The van der Waals surface area contributed by atoms with E-state index in [0.29, 0.717) is 12.7 Å². The Balaban J connectivity index is 1.65. The van der Waals surface area contributed by atoms with Crippen LogP contribution in [0, 0.1) is 0 Å². The van der Waals surface area contributed by atoms with Crippen LogP contribution in [0.1, 0.15) is 56.6 Å². The third kappa shape index (κ3) is 8.19. The first-order chi connectivity index (χ1) is 12.8. The minimum absolute atomic E-state index is 0.344. The number of nitrogens with zero attached hydrogens (tertiary/aromatic N) is 1. The van der Waals surface area contributed by atoms with Gasteiger partial charge in [0.25, 0.3) is 0 Å². The number of hydrogen-bond acceptors (Lipinski definition) is 3. The van der Waals surface area contributed by atoms with Crippen LogP contribution < -0.4 is 10.6 Å². The molecule has 2 rings (SSSR count). The van der Waals surface area contributed by atoms with Crippen molar-refractivity contribution in [2.75, 3.05) is 26.8 Å². The Kier molecular flexibility index (Phi) is 10.1. The summed E-state index contributed by atoms with van der Waals surface area (Å²) in [4.78, 5) is 4.28. The Morgan fingerprint density at radius 2 is 1.81 bits per heavy atom. The van der Waals surface area contributed by atoms with Crippen LogP contribution >= 0.6 is 0 Å². The molecule has 0 radical (unpaired) electrons. The summed E-state index contributed by atoms with van der Waals surface area (Å²) in [6.07, 6.45) is 7.39. The zero-order valence-corrected chi connectivity index (χ0v) is 16.4. The van der Waals surface area contributed by atoms with E-state index < -0.39 is 0 Å². The van der Waals surface area contributed by atoms with Crippen LogP contribution in [0.3, 0.4) is 0 Å². The zero-order valence-electron chi connectivity index (χ0n) is 16.4. The van der Waals surface area contributed by atoms with Gasteiger partial charge in [0.1, 0.15) is 0 Å². The van der Waals surface area contributed by atoms with E-state index in [4.69, 9.17) is 9.47 Å². The first-order valence-corrected chi connectivity index (χ1v) is 10.0. The summed E-state index contributed by atoms with van der Waals surface area (Å²) in [7, 11) is 1.82. The van der Waals surface area contributed by atoms with Crippen molar-refractivity contribution in [3.8, 4) is 0 Å². The molecule has 1 fully saturated rings. The smallest absolute Gasteiger partial charge is 0.191 e. The largest absolute Gasteiger partial charge is 0.381 e. The Morgan fingerprint density at radius 3 is 2.50 bits per heavy atom. The molecule has 5 nitrogen and oxygen atoms in total. The molecule has 0 bridgehead atoms. The maximum atomic E-state index is 5.97. The molecule has 1 aromatic rings. The topological polar surface area (TPSA) is 54.9 Å². The van der Waals surface area contributed by atoms with E-state index in [1.807, 2.05) is 7.05 Å². The van der Waals surface area contributed by atoms with Crippen molar-refractivity contribution >= 4 is 5.96 Å². The van der Waals surface area contributed by atoms with Gasteiger partial charge in [-0.05, 0) is 30.4 Å². The maximum Gasteiger partial charge on any atom is 0.191 e. The second kappa shape index (κ2) is 12.7. The van der Waals surface area contributed by atoms with Gasteiger partial charge in [0.2, 0.25) is 0 Å². The van der Waals surface area contributed by atoms with Gasteiger partial charge in [-0.15, -0.1) is 0 Å². The molecule has 26 heavy (non-hydrogen) atoms. The summed E-state index contributed by atoms with van der Waals surface area (Å²) < 4.78 is 11.3. The molecule has 0 spiro atoms. The van der Waals surface area contributed by atoms with Crippen molar-refractivity contribution in [3.63, 3.8) is 0 Å². The van der Waals surface area contributed by atoms with Gasteiger partial charge in [-0.25, -0.2) is 0 Å². The molecule has 1 aliphatic heterocycles. The average Bonchev–Trinajstić information content (AvgIpc) is 2.70. The van der Waals surface area contributed by atoms with Gasteiger partial charge in [0, 0.05) is 33.4 Å². The second-order valence-electron chi connectivity index (χ2n) is 6.85. The lowest BCUT2D eigenvalue weighted by molar-refractivity contribution is -0.0390. The van der Waals surface area contributed by atoms with Crippen LogP contribution in [-0.2, 0) is 22.6 Å². The van der Waals surface area contributed by atoms with E-state index in [1.165, 1.54) is 36.8 Å². The Labute approximate surface area is 158 Å². The molecule has 0 amide bonds. The molecule has 1 aliphatic rings. The van der Waals surface area contributed by atoms with Gasteiger partial charge in [-0.3, -0.25) is 4.99 Å². The number of rotatable bonds is 10. The number of aliphatic imine (C=N–C) groups is 1. The number of guanidine groups is 1. The molecule has 0 saturated carbocycles. The Bertz CT molecular complexity index is 510. The highest BCUT2D eigenvalue weighted by Crippen LogP contribution is 2.14. The highest BCUT2D eigenvalue weighted by atomic mass is 16.5. The number of benzene rings is 1. The summed E-state index contributed by atoms with van der Waals surface area (Å²) >= 11 is 0. The van der Waals surface area contributed by atoms with Crippen LogP contribution in [0.25, 0.3) is 0 Å². The molecule has 1 heterocycles. The molecule has 0 unspecified atom stereocenters. The second-order valence-corrected chi connectivity index (χ2v) is 6.85. The fourth-order valence-corrected chi connectivity index (χ4v) is 2.98. The normalized spacial score (nSPS) is 15.8. The maximum absolute atomic E-state index is 5.97. The third-order valence-electron chi connectivity index (χ3n) is 4.68. The molecule has 0 aliphatic carbocycles. The Hall–Kier alpha value is -1.59. The minimum atomic E-state index is 0.344. The van der Waals surface area contributed by atoms with E-state index in [1.54, 1.807) is 0 Å². The predicted octanol–water partition coefficient (Wildman–Crippen LogP) is 3.63. The SMILES string of the molecule is CCCCCCNC(=NC)NCc1ccc(COC2CCOCC2)cc1. The third-order valence-corrected chi connectivity index (χ3v) is 4.68. The van der Waals surface area contributed by atoms with Crippen molar-refractivity contribution in [3.05, 3.63) is 35.4 Å². The van der Waals surface area contributed by atoms with Gasteiger partial charge in [0.05, 0.1) is 12.7 Å². The van der Waals surface area contributed by atoms with Gasteiger partial charge in [-0.1, -0.05) is 50.5 Å². The average molecular weight is 362 g/mol. The minimum Gasteiger partial charge on any atom is -0.381 e. The first kappa shape index (κ1) is 20.7. The molecule has 0 aromatic heterocycles. The molecular formula is C21H35N3O2. The van der Waals surface area contributed by atoms with Crippen molar-refractivity contribution in [1.82, 2.24) is 10.6 Å². The van der Waals surface area contributed by atoms with E-state index in [2.05, 4.69) is 46.8 Å². The van der Waals surface area contributed by atoms with Crippen LogP contribution in [0.4, 0.5) is 0 Å². The lowest BCUT2D eigenvalue weighted by Gasteiger charge is -2.22. The highest BCUT2D eigenvalue weighted by Gasteiger charge is 2.13. The monoisotopic (exact) mass is 361 g/mol. The van der Waals surface area contributed by atoms with Crippen molar-refractivity contribution < 1.29 is 9.47 Å². The molecule has 1 saturated heterocycles. The fourth-order valence-electron chi connectivity index (χ4n) is 2.98. The lowest BCUT2D eigenvalue weighted by Crippen LogP contribution is -2.37. The van der Waals surface area contributed by atoms with Crippen LogP contribution in [0.2, 0.25) is 0 Å². The summed E-state index contributed by atoms with van der Waals surface area (Å²) in [5.74, 6) is 0.869. The van der Waals surface area contributed by atoms with Gasteiger partial charge in [-0.2, -0.15) is 0 Å². The Morgan fingerprint density at radius 1 is 1.08 bits per heavy atom. The highest BCUT2D eigenvalue weighted by molar-refractivity contribution is 5.79.